The van der Waals surface area contributed by atoms with E-state index in [2.05, 4.69) is 4.98 Å². The average Bonchev–Trinajstić information content (AvgIpc) is 2.61. The molecule has 102 valence electrons. The molecule has 0 saturated carbocycles. The summed E-state index contributed by atoms with van der Waals surface area (Å²) in [6.45, 7) is 0.168. The van der Waals surface area contributed by atoms with Gasteiger partial charge in [-0.2, -0.15) is 0 Å². The second-order valence-electron chi connectivity index (χ2n) is 4.37. The number of amides is 1. The summed E-state index contributed by atoms with van der Waals surface area (Å²) in [4.78, 5) is 17.8. The summed E-state index contributed by atoms with van der Waals surface area (Å²) < 4.78 is 0. The number of carbonyl (C=O) groups excluding carboxylic acids is 1. The molecule has 1 aromatic carbocycles. The Labute approximate surface area is 121 Å². The van der Waals surface area contributed by atoms with E-state index in [9.17, 15) is 10.0 Å². The predicted octanol–water partition coefficient (Wildman–Crippen LogP) is 2.80. The third-order valence-electron chi connectivity index (χ3n) is 3.16. The van der Waals surface area contributed by atoms with Crippen molar-refractivity contribution in [3.63, 3.8) is 0 Å². The summed E-state index contributed by atoms with van der Waals surface area (Å²) in [6, 6.07) is 10.6. The van der Waals surface area contributed by atoms with E-state index < -0.39 is 0 Å². The number of fused-ring (bicyclic) bond motifs is 2. The van der Waals surface area contributed by atoms with Crippen LogP contribution in [0.4, 0.5) is 17.2 Å². The molecule has 0 aliphatic carbocycles. The van der Waals surface area contributed by atoms with Crippen LogP contribution in [0.2, 0.25) is 0 Å². The van der Waals surface area contributed by atoms with Crippen LogP contribution in [-0.4, -0.2) is 16.8 Å². The fraction of sp³-hybridized carbons (Fsp3) is 0.143. The Morgan fingerprint density at radius 1 is 1.25 bits per heavy atom. The minimum Gasteiger partial charge on any atom is -0.758 e. The van der Waals surface area contributed by atoms with E-state index >= 15 is 0 Å². The molecule has 0 spiro atoms. The molecule has 20 heavy (non-hydrogen) atoms. The lowest BCUT2D eigenvalue weighted by atomic mass is 10.1. The number of pyridine rings is 1. The van der Waals surface area contributed by atoms with Gasteiger partial charge in [-0.1, -0.05) is 18.2 Å². The van der Waals surface area contributed by atoms with Gasteiger partial charge >= 0.3 is 0 Å². The van der Waals surface area contributed by atoms with Crippen molar-refractivity contribution in [2.75, 3.05) is 15.8 Å². The number of benzene rings is 1. The molecule has 0 atom stereocenters. The van der Waals surface area contributed by atoms with Crippen molar-refractivity contribution in [3.8, 4) is 0 Å². The highest BCUT2D eigenvalue weighted by Gasteiger charge is 2.26. The molecule has 0 saturated heterocycles. The van der Waals surface area contributed by atoms with Gasteiger partial charge in [-0.3, -0.25) is 9.69 Å². The Morgan fingerprint density at radius 3 is 2.80 bits per heavy atom. The molecule has 1 amide bonds. The molecule has 0 bridgehead atoms. The van der Waals surface area contributed by atoms with Gasteiger partial charge in [0.05, 0.1) is 11.4 Å². The van der Waals surface area contributed by atoms with Crippen LogP contribution in [0.15, 0.2) is 42.6 Å². The molecule has 2 aromatic rings. The molecule has 0 radical (unpaired) electrons. The monoisotopic (exact) mass is 288 g/mol. The maximum atomic E-state index is 12.2. The number of hydroxylamine groups is 1. The molecule has 1 aliphatic heterocycles. The van der Waals surface area contributed by atoms with Crippen LogP contribution in [0.1, 0.15) is 5.56 Å². The van der Waals surface area contributed by atoms with Crippen LogP contribution in [0, 0.1) is 5.21 Å². The van der Waals surface area contributed by atoms with E-state index in [0.29, 0.717) is 17.2 Å². The molecule has 6 heteroatoms. The van der Waals surface area contributed by atoms with Crippen molar-refractivity contribution in [2.45, 2.75) is 6.54 Å². The number of hydrogen-bond acceptors (Lipinski definition) is 4. The average molecular weight is 289 g/mol. The first-order valence-electron chi connectivity index (χ1n) is 6.09. The highest BCUT2D eigenvalue weighted by atomic mass is 35.5. The molecule has 1 aliphatic rings. The Kier molecular flexibility index (Phi) is 3.30. The number of nitrogens with zero attached hydrogens (tertiary/aromatic N) is 3. The highest BCUT2D eigenvalue weighted by Crippen LogP contribution is 2.38. The van der Waals surface area contributed by atoms with Gasteiger partial charge in [-0.15, -0.1) is 11.6 Å². The number of para-hydroxylation sites is 1. The fourth-order valence-electron chi connectivity index (χ4n) is 2.28. The lowest BCUT2D eigenvalue weighted by molar-refractivity contribution is -0.115. The van der Waals surface area contributed by atoms with Crippen molar-refractivity contribution in [1.29, 1.82) is 0 Å². The number of hydrogen-bond donors (Lipinski definition) is 0. The van der Waals surface area contributed by atoms with Crippen molar-refractivity contribution < 1.29 is 4.79 Å². The summed E-state index contributed by atoms with van der Waals surface area (Å²) in [5.74, 6) is -0.170. The lowest BCUT2D eigenvalue weighted by Gasteiger charge is -2.30. The van der Waals surface area contributed by atoms with Crippen LogP contribution < -0.4 is 9.96 Å². The maximum Gasteiger partial charge on any atom is 0.247 e. The summed E-state index contributed by atoms with van der Waals surface area (Å²) in [5, 5.41) is 13.1. The number of halogens is 1. The first kappa shape index (κ1) is 12.9. The van der Waals surface area contributed by atoms with Gasteiger partial charge in [0.25, 0.3) is 0 Å². The van der Waals surface area contributed by atoms with Crippen LogP contribution >= 0.6 is 11.6 Å². The minimum atomic E-state index is -0.311. The molecular formula is C14H11ClN3O2-. The summed E-state index contributed by atoms with van der Waals surface area (Å²) in [7, 11) is 0. The zero-order valence-electron chi connectivity index (χ0n) is 10.5. The molecule has 0 fully saturated rings. The van der Waals surface area contributed by atoms with E-state index in [-0.39, 0.29) is 18.3 Å². The molecular weight excluding hydrogens is 278 g/mol. The van der Waals surface area contributed by atoms with Crippen molar-refractivity contribution in [3.05, 3.63) is 53.4 Å². The number of anilines is 3. The minimum absolute atomic E-state index is 0.168. The molecule has 0 unspecified atom stereocenters. The van der Waals surface area contributed by atoms with Crippen LogP contribution in [0.25, 0.3) is 0 Å². The fourth-order valence-corrected chi connectivity index (χ4v) is 2.40. The number of carbonyl (C=O) groups is 1. The maximum absolute atomic E-state index is 12.2. The van der Waals surface area contributed by atoms with Gasteiger partial charge in [-0.05, 0) is 23.8 Å². The Morgan fingerprint density at radius 2 is 2.00 bits per heavy atom. The number of rotatable bonds is 1. The van der Waals surface area contributed by atoms with Crippen LogP contribution in [0.3, 0.4) is 0 Å². The Hall–Kier alpha value is -2.11. The predicted molar refractivity (Wildman–Crippen MR) is 78.1 cm³/mol. The first-order valence-corrected chi connectivity index (χ1v) is 6.62. The number of aromatic nitrogens is 1. The molecule has 1 aromatic heterocycles. The molecule has 5 nitrogen and oxygen atoms in total. The topological polar surface area (TPSA) is 59.5 Å². The second kappa shape index (κ2) is 5.11. The summed E-state index contributed by atoms with van der Waals surface area (Å²) in [5.41, 5.74) is 1.78. The van der Waals surface area contributed by atoms with Gasteiger partial charge in [0, 0.05) is 12.7 Å². The second-order valence-corrected chi connectivity index (χ2v) is 4.64. The summed E-state index contributed by atoms with van der Waals surface area (Å²) >= 11 is 5.70. The van der Waals surface area contributed by atoms with Gasteiger partial charge in [-0.25, -0.2) is 4.98 Å². The molecule has 3 rings (SSSR count). The third-order valence-corrected chi connectivity index (χ3v) is 3.39. The van der Waals surface area contributed by atoms with E-state index in [0.717, 1.165) is 10.6 Å². The quantitative estimate of drug-likeness (QED) is 0.757. The zero-order chi connectivity index (χ0) is 14.1. The lowest BCUT2D eigenvalue weighted by Crippen LogP contribution is -2.28. The molecule has 2 heterocycles. The van der Waals surface area contributed by atoms with Crippen molar-refractivity contribution in [2.24, 2.45) is 0 Å². The SMILES string of the molecule is O=C(CCl)N1c2ccccc2CN([O-])c2cccnc21. The van der Waals surface area contributed by atoms with Gasteiger partial charge in [0.1, 0.15) is 5.88 Å². The van der Waals surface area contributed by atoms with E-state index in [1.54, 1.807) is 24.4 Å². The Balaban J connectivity index is 2.26. The zero-order valence-corrected chi connectivity index (χ0v) is 11.2. The van der Waals surface area contributed by atoms with E-state index in [1.807, 2.05) is 18.2 Å². The van der Waals surface area contributed by atoms with Gasteiger partial charge in [0.15, 0.2) is 5.82 Å². The highest BCUT2D eigenvalue weighted by molar-refractivity contribution is 6.30. The smallest absolute Gasteiger partial charge is 0.247 e. The normalized spacial score (nSPS) is 13.5. The Bertz CT molecular complexity index is 662. The summed E-state index contributed by atoms with van der Waals surface area (Å²) in [6.07, 6.45) is 1.55. The van der Waals surface area contributed by atoms with Crippen LogP contribution in [0.5, 0.6) is 0 Å². The third kappa shape index (κ3) is 2.01. The first-order chi connectivity index (χ1) is 9.72. The molecule has 0 N–H and O–H groups in total. The standard InChI is InChI=1S/C14H11ClN3O2/c15-8-13(19)18-11-5-2-1-4-10(11)9-17(20)12-6-3-7-16-14(12)18/h1-7H,8-9H2/q-1. The van der Waals surface area contributed by atoms with Gasteiger partial charge in [0.2, 0.25) is 5.91 Å². The number of alkyl halides is 1. The van der Waals surface area contributed by atoms with E-state index in [1.165, 1.54) is 4.90 Å². The van der Waals surface area contributed by atoms with Gasteiger partial charge < -0.3 is 10.3 Å². The van der Waals surface area contributed by atoms with E-state index in [4.69, 9.17) is 11.6 Å². The van der Waals surface area contributed by atoms with Crippen molar-refractivity contribution >= 4 is 34.7 Å². The van der Waals surface area contributed by atoms with Crippen LogP contribution in [-0.2, 0) is 11.3 Å². The largest absolute Gasteiger partial charge is 0.758 e. The van der Waals surface area contributed by atoms with Crippen molar-refractivity contribution in [1.82, 2.24) is 4.98 Å².